The van der Waals surface area contributed by atoms with E-state index in [1.54, 1.807) is 30.8 Å². The Hall–Kier alpha value is -3.22. The third-order valence-electron chi connectivity index (χ3n) is 3.95. The van der Waals surface area contributed by atoms with E-state index in [4.69, 9.17) is 0 Å². The zero-order valence-electron chi connectivity index (χ0n) is 14.3. The minimum atomic E-state index is -2.89. The highest BCUT2D eigenvalue weighted by atomic mass is 19.3. The molecule has 0 aliphatic rings. The Morgan fingerprint density at radius 1 is 1.12 bits per heavy atom. The third kappa shape index (κ3) is 3.56. The lowest BCUT2D eigenvalue weighted by Gasteiger charge is -2.07. The minimum Gasteiger partial charge on any atom is -0.435 e. The number of hydrogen-bond acceptors (Lipinski definition) is 3. The topological polar surface area (TPSA) is 48.5 Å². The van der Waals surface area contributed by atoms with Crippen LogP contribution in [0, 0.1) is 6.92 Å². The molecule has 1 aromatic heterocycles. The van der Waals surface area contributed by atoms with Gasteiger partial charge in [-0.15, -0.1) is 0 Å². The van der Waals surface area contributed by atoms with Crippen molar-refractivity contribution in [1.29, 1.82) is 0 Å². The summed E-state index contributed by atoms with van der Waals surface area (Å²) in [5.74, 6) is 0.0374. The molecular weight excluding hydrogens is 340 g/mol. The fraction of sp³-hybridized carbons (Fsp3) is 0.158. The van der Waals surface area contributed by atoms with Gasteiger partial charge < -0.3 is 4.74 Å². The van der Waals surface area contributed by atoms with Crippen LogP contribution >= 0.6 is 0 Å². The van der Waals surface area contributed by atoms with Crippen molar-refractivity contribution >= 4 is 11.9 Å². The van der Waals surface area contributed by atoms with Gasteiger partial charge in [0.1, 0.15) is 5.75 Å². The van der Waals surface area contributed by atoms with Gasteiger partial charge in [0.05, 0.1) is 11.4 Å². The molecule has 134 valence electrons. The number of para-hydroxylation sites is 1. The zero-order valence-corrected chi connectivity index (χ0v) is 14.3. The average molecular weight is 357 g/mol. The molecule has 5 nitrogen and oxygen atoms in total. The molecule has 0 radical (unpaired) electrons. The summed E-state index contributed by atoms with van der Waals surface area (Å²) < 4.78 is 32.2. The van der Waals surface area contributed by atoms with Crippen molar-refractivity contribution in [2.45, 2.75) is 13.5 Å². The van der Waals surface area contributed by atoms with Gasteiger partial charge in [-0.25, -0.2) is 9.67 Å². The number of ether oxygens (including phenoxy) is 1. The predicted octanol–water partition coefficient (Wildman–Crippen LogP) is 3.84. The quantitative estimate of drug-likeness (QED) is 0.652. The number of nitrogens with zero attached hydrogens (tertiary/aromatic N) is 3. The van der Waals surface area contributed by atoms with Crippen LogP contribution in [-0.2, 0) is 7.05 Å². The number of halogens is 2. The summed E-state index contributed by atoms with van der Waals surface area (Å²) >= 11 is 0. The van der Waals surface area contributed by atoms with E-state index in [1.165, 1.54) is 23.0 Å². The van der Waals surface area contributed by atoms with E-state index < -0.39 is 6.61 Å². The van der Waals surface area contributed by atoms with Crippen LogP contribution in [0.1, 0.15) is 11.3 Å². The molecule has 2 aromatic carbocycles. The Morgan fingerprint density at radius 2 is 1.85 bits per heavy atom. The first-order chi connectivity index (χ1) is 12.5. The maximum Gasteiger partial charge on any atom is 0.387 e. The number of aliphatic imine (C=N–C) groups is 1. The summed E-state index contributed by atoms with van der Waals surface area (Å²) in [5.41, 5.74) is 2.01. The SMILES string of the molecule is Cc1c(N=Cc2cccc(OC(F)F)c2)c(=O)n(-c2ccccc2)n1C. The van der Waals surface area contributed by atoms with E-state index in [1.807, 2.05) is 30.3 Å². The molecule has 0 aliphatic carbocycles. The van der Waals surface area contributed by atoms with Crippen LogP contribution in [0.25, 0.3) is 5.69 Å². The predicted molar refractivity (Wildman–Crippen MR) is 96.1 cm³/mol. The summed E-state index contributed by atoms with van der Waals surface area (Å²) in [6.45, 7) is -1.10. The summed E-state index contributed by atoms with van der Waals surface area (Å²) in [7, 11) is 1.78. The summed E-state index contributed by atoms with van der Waals surface area (Å²) in [6.07, 6.45) is 1.46. The van der Waals surface area contributed by atoms with E-state index in [2.05, 4.69) is 9.73 Å². The first kappa shape index (κ1) is 17.6. The normalized spacial score (nSPS) is 11.4. The van der Waals surface area contributed by atoms with Gasteiger partial charge in [-0.2, -0.15) is 8.78 Å². The van der Waals surface area contributed by atoms with Gasteiger partial charge >= 0.3 is 6.61 Å². The van der Waals surface area contributed by atoms with Gasteiger partial charge in [-0.1, -0.05) is 30.3 Å². The second kappa shape index (κ2) is 7.35. The largest absolute Gasteiger partial charge is 0.435 e. The van der Waals surface area contributed by atoms with Gasteiger partial charge in [0.15, 0.2) is 5.69 Å². The Bertz CT molecular complexity index is 992. The highest BCUT2D eigenvalue weighted by Gasteiger charge is 2.15. The van der Waals surface area contributed by atoms with E-state index >= 15 is 0 Å². The number of aromatic nitrogens is 2. The Morgan fingerprint density at radius 3 is 2.54 bits per heavy atom. The lowest BCUT2D eigenvalue weighted by Crippen LogP contribution is -2.19. The van der Waals surface area contributed by atoms with Crippen molar-refractivity contribution in [1.82, 2.24) is 9.36 Å². The molecule has 0 N–H and O–H groups in total. The maximum absolute atomic E-state index is 12.7. The molecule has 3 aromatic rings. The molecule has 26 heavy (non-hydrogen) atoms. The van der Waals surface area contributed by atoms with Gasteiger partial charge in [-0.3, -0.25) is 9.48 Å². The van der Waals surface area contributed by atoms with Crippen LogP contribution in [0.3, 0.4) is 0 Å². The number of benzene rings is 2. The molecule has 7 heteroatoms. The smallest absolute Gasteiger partial charge is 0.387 e. The number of rotatable bonds is 5. The second-order valence-electron chi connectivity index (χ2n) is 5.62. The first-order valence-electron chi connectivity index (χ1n) is 7.90. The first-order valence-corrected chi connectivity index (χ1v) is 7.90. The molecule has 0 amide bonds. The van der Waals surface area contributed by atoms with Crippen LogP contribution in [-0.4, -0.2) is 22.2 Å². The summed E-state index contributed by atoms with van der Waals surface area (Å²) in [6, 6.07) is 15.4. The second-order valence-corrected chi connectivity index (χ2v) is 5.62. The van der Waals surface area contributed by atoms with Crippen molar-refractivity contribution < 1.29 is 13.5 Å². The summed E-state index contributed by atoms with van der Waals surface area (Å²) in [4.78, 5) is 17.0. The number of hydrogen-bond donors (Lipinski definition) is 0. The molecule has 0 aliphatic heterocycles. The molecule has 0 unspecified atom stereocenters. The third-order valence-corrected chi connectivity index (χ3v) is 3.95. The van der Waals surface area contributed by atoms with Gasteiger partial charge in [0.25, 0.3) is 5.56 Å². The van der Waals surface area contributed by atoms with Crippen molar-refractivity contribution in [2.24, 2.45) is 12.0 Å². The Labute approximate surface area is 148 Å². The molecule has 0 spiro atoms. The fourth-order valence-corrected chi connectivity index (χ4v) is 2.61. The van der Waals surface area contributed by atoms with Crippen molar-refractivity contribution in [3.05, 3.63) is 76.2 Å². The van der Waals surface area contributed by atoms with Crippen molar-refractivity contribution in [2.75, 3.05) is 0 Å². The number of alkyl halides is 2. The summed E-state index contributed by atoms with van der Waals surface area (Å²) in [5, 5.41) is 0. The van der Waals surface area contributed by atoms with Crippen LogP contribution < -0.4 is 10.3 Å². The minimum absolute atomic E-state index is 0.0374. The zero-order chi connectivity index (χ0) is 18.7. The van der Waals surface area contributed by atoms with Crippen LogP contribution in [0.4, 0.5) is 14.5 Å². The van der Waals surface area contributed by atoms with E-state index in [9.17, 15) is 13.6 Å². The molecule has 3 rings (SSSR count). The molecule has 0 saturated carbocycles. The molecule has 0 bridgehead atoms. The highest BCUT2D eigenvalue weighted by Crippen LogP contribution is 2.18. The Balaban J connectivity index is 1.96. The molecule has 0 fully saturated rings. The fourth-order valence-electron chi connectivity index (χ4n) is 2.61. The molecule has 0 saturated heterocycles. The average Bonchev–Trinajstić information content (AvgIpc) is 2.83. The van der Waals surface area contributed by atoms with Gasteiger partial charge in [0.2, 0.25) is 0 Å². The molecule has 1 heterocycles. The van der Waals surface area contributed by atoms with Crippen LogP contribution in [0.2, 0.25) is 0 Å². The van der Waals surface area contributed by atoms with Gasteiger partial charge in [0, 0.05) is 13.3 Å². The van der Waals surface area contributed by atoms with E-state index in [0.717, 1.165) is 5.69 Å². The van der Waals surface area contributed by atoms with Crippen LogP contribution in [0.15, 0.2) is 64.4 Å². The van der Waals surface area contributed by atoms with E-state index in [-0.39, 0.29) is 17.0 Å². The monoisotopic (exact) mass is 357 g/mol. The molecule has 0 atom stereocenters. The standard InChI is InChI=1S/C19H17F2N3O2/c1-13-17(18(25)24(23(13)2)15-8-4-3-5-9-15)22-12-14-7-6-10-16(11-14)26-19(20)21/h3-12,19H,1-2H3. The maximum atomic E-state index is 12.7. The highest BCUT2D eigenvalue weighted by molar-refractivity contribution is 5.82. The van der Waals surface area contributed by atoms with E-state index in [0.29, 0.717) is 11.3 Å². The van der Waals surface area contributed by atoms with Crippen molar-refractivity contribution in [3.8, 4) is 11.4 Å². The van der Waals surface area contributed by atoms with Gasteiger partial charge in [-0.05, 0) is 36.8 Å². The van der Waals surface area contributed by atoms with Crippen molar-refractivity contribution in [3.63, 3.8) is 0 Å². The Kier molecular flexibility index (Phi) is 4.97. The molecular formula is C19H17F2N3O2. The lowest BCUT2D eigenvalue weighted by molar-refractivity contribution is -0.0498. The lowest BCUT2D eigenvalue weighted by atomic mass is 10.2. The van der Waals surface area contributed by atoms with Crippen LogP contribution in [0.5, 0.6) is 5.75 Å².